The normalized spacial score (nSPS) is 14.7. The van der Waals surface area contributed by atoms with Crippen molar-refractivity contribution in [3.8, 4) is 0 Å². The Kier molecular flexibility index (Phi) is 8.76. The molecule has 30 heavy (non-hydrogen) atoms. The summed E-state index contributed by atoms with van der Waals surface area (Å²) in [5, 5.41) is 12.0. The van der Waals surface area contributed by atoms with E-state index in [1.54, 1.807) is 26.0 Å². The smallest absolute Gasteiger partial charge is 0.375 e. The van der Waals surface area contributed by atoms with Crippen LogP contribution in [0.25, 0.3) is 0 Å². The van der Waals surface area contributed by atoms with Gasteiger partial charge in [-0.05, 0) is 45.6 Å². The second-order valence-electron chi connectivity index (χ2n) is 7.00. The van der Waals surface area contributed by atoms with Crippen LogP contribution in [0.3, 0.4) is 0 Å². The lowest BCUT2D eigenvalue weighted by molar-refractivity contribution is -0.384. The third-order valence-corrected chi connectivity index (χ3v) is 5.04. The molecule has 1 aromatic rings. The van der Waals surface area contributed by atoms with Gasteiger partial charge in [-0.3, -0.25) is 19.7 Å². The van der Waals surface area contributed by atoms with Gasteiger partial charge in [-0.1, -0.05) is 12.1 Å². The highest BCUT2D eigenvalue weighted by Crippen LogP contribution is 2.39. The first kappa shape index (κ1) is 23.3. The third kappa shape index (κ3) is 5.77. The van der Waals surface area contributed by atoms with E-state index in [1.165, 1.54) is 6.07 Å². The molecule has 0 bridgehead atoms. The summed E-state index contributed by atoms with van der Waals surface area (Å²) >= 11 is 0. The van der Waals surface area contributed by atoms with Crippen molar-refractivity contribution < 1.29 is 28.8 Å². The predicted octanol–water partition coefficient (Wildman–Crippen LogP) is 3.14. The molecule has 0 spiro atoms. The standard InChI is InChI=1S/C21H28N2O7/c1-3-29-18(24)12-11-16(20(25)21(26)30-4-2)15-9-8-10-17(19(15)23(27)28)22-13-6-5-7-14-22/h8-10,16H,3-7,11-14H2,1-2H3. The molecule has 0 amide bonds. The van der Waals surface area contributed by atoms with Crippen molar-refractivity contribution in [1.29, 1.82) is 0 Å². The van der Waals surface area contributed by atoms with E-state index in [0.29, 0.717) is 18.8 Å². The number of esters is 2. The molecule has 164 valence electrons. The molecular weight excluding hydrogens is 392 g/mol. The summed E-state index contributed by atoms with van der Waals surface area (Å²) in [6.07, 6.45) is 2.69. The monoisotopic (exact) mass is 420 g/mol. The first-order valence-electron chi connectivity index (χ1n) is 10.3. The molecule has 1 aliphatic heterocycles. The maximum Gasteiger partial charge on any atom is 0.375 e. The lowest BCUT2D eigenvalue weighted by atomic mass is 9.88. The number of hydrogen-bond donors (Lipinski definition) is 0. The summed E-state index contributed by atoms with van der Waals surface area (Å²) in [7, 11) is 0. The minimum atomic E-state index is -1.17. The molecule has 2 rings (SSSR count). The van der Waals surface area contributed by atoms with Gasteiger partial charge in [-0.15, -0.1) is 0 Å². The Hall–Kier alpha value is -2.97. The Morgan fingerprint density at radius 3 is 2.37 bits per heavy atom. The van der Waals surface area contributed by atoms with E-state index in [9.17, 15) is 24.5 Å². The van der Waals surface area contributed by atoms with E-state index >= 15 is 0 Å². The van der Waals surface area contributed by atoms with Crippen molar-refractivity contribution in [1.82, 2.24) is 0 Å². The summed E-state index contributed by atoms with van der Waals surface area (Å²) in [4.78, 5) is 50.2. The minimum absolute atomic E-state index is 0.00504. The molecule has 1 aliphatic rings. The van der Waals surface area contributed by atoms with Crippen LogP contribution in [0.1, 0.15) is 57.4 Å². The molecular formula is C21H28N2O7. The molecule has 0 N–H and O–H groups in total. The number of ketones is 1. The summed E-state index contributed by atoms with van der Waals surface area (Å²) < 4.78 is 9.73. The molecule has 0 aromatic heterocycles. The molecule has 9 heteroatoms. The largest absolute Gasteiger partial charge is 0.466 e. The van der Waals surface area contributed by atoms with Gasteiger partial charge < -0.3 is 14.4 Å². The molecule has 0 saturated carbocycles. The second kappa shape index (κ2) is 11.3. The molecule has 1 unspecified atom stereocenters. The first-order valence-corrected chi connectivity index (χ1v) is 10.3. The van der Waals surface area contributed by atoms with E-state index in [-0.39, 0.29) is 37.3 Å². The highest BCUT2D eigenvalue weighted by molar-refractivity contribution is 6.36. The van der Waals surface area contributed by atoms with E-state index < -0.39 is 28.6 Å². The second-order valence-corrected chi connectivity index (χ2v) is 7.00. The number of anilines is 1. The number of nitrogens with zero attached hydrogens (tertiary/aromatic N) is 2. The molecule has 1 saturated heterocycles. The van der Waals surface area contributed by atoms with Crippen LogP contribution in [0.4, 0.5) is 11.4 Å². The topological polar surface area (TPSA) is 116 Å². The Morgan fingerprint density at radius 2 is 1.77 bits per heavy atom. The summed E-state index contributed by atoms with van der Waals surface area (Å²) in [5.41, 5.74) is 0.339. The van der Waals surface area contributed by atoms with Gasteiger partial charge in [0.25, 0.3) is 5.69 Å². The Bertz CT molecular complexity index is 788. The highest BCUT2D eigenvalue weighted by Gasteiger charge is 2.36. The zero-order valence-corrected chi connectivity index (χ0v) is 17.4. The molecule has 0 radical (unpaired) electrons. The zero-order valence-electron chi connectivity index (χ0n) is 17.4. The van der Waals surface area contributed by atoms with E-state index in [4.69, 9.17) is 9.47 Å². The third-order valence-electron chi connectivity index (χ3n) is 5.04. The zero-order chi connectivity index (χ0) is 22.1. The predicted molar refractivity (Wildman–Crippen MR) is 109 cm³/mol. The van der Waals surface area contributed by atoms with Crippen LogP contribution in [-0.4, -0.2) is 48.9 Å². The van der Waals surface area contributed by atoms with Crippen LogP contribution in [-0.2, 0) is 23.9 Å². The quantitative estimate of drug-likeness (QED) is 0.245. The number of carbonyl (C=O) groups is 3. The number of rotatable bonds is 10. The van der Waals surface area contributed by atoms with Crippen molar-refractivity contribution in [3.63, 3.8) is 0 Å². The van der Waals surface area contributed by atoms with Crippen LogP contribution in [0.2, 0.25) is 0 Å². The number of ether oxygens (including phenoxy) is 2. The number of hydrogen-bond acceptors (Lipinski definition) is 8. The van der Waals surface area contributed by atoms with Gasteiger partial charge in [0.05, 0.1) is 24.1 Å². The molecule has 0 aliphatic carbocycles. The maximum absolute atomic E-state index is 12.8. The summed E-state index contributed by atoms with van der Waals surface area (Å²) in [5.74, 6) is -3.67. The van der Waals surface area contributed by atoms with Crippen molar-refractivity contribution >= 4 is 29.1 Å². The average molecular weight is 420 g/mol. The van der Waals surface area contributed by atoms with E-state index in [2.05, 4.69) is 0 Å². The van der Waals surface area contributed by atoms with Gasteiger partial charge in [0, 0.05) is 25.1 Å². The van der Waals surface area contributed by atoms with Crippen molar-refractivity contribution in [2.45, 2.75) is 51.9 Å². The summed E-state index contributed by atoms with van der Waals surface area (Å²) in [6, 6.07) is 4.77. The number of para-hydroxylation sites is 1. The van der Waals surface area contributed by atoms with Crippen LogP contribution in [0, 0.1) is 10.1 Å². The van der Waals surface area contributed by atoms with Gasteiger partial charge in [0.1, 0.15) is 5.69 Å². The number of Topliss-reactive ketones (excluding diaryl/α,β-unsaturated/α-hetero) is 1. The van der Waals surface area contributed by atoms with Gasteiger partial charge in [0.15, 0.2) is 0 Å². The van der Waals surface area contributed by atoms with Crippen LogP contribution < -0.4 is 4.90 Å². The van der Waals surface area contributed by atoms with Crippen LogP contribution in [0.5, 0.6) is 0 Å². The Labute approximate surface area is 175 Å². The first-order chi connectivity index (χ1) is 14.4. The van der Waals surface area contributed by atoms with Crippen LogP contribution >= 0.6 is 0 Å². The maximum atomic E-state index is 12.8. The van der Waals surface area contributed by atoms with E-state index in [1.807, 2.05) is 4.90 Å². The fraction of sp³-hybridized carbons (Fsp3) is 0.571. The fourth-order valence-corrected chi connectivity index (χ4v) is 3.69. The van der Waals surface area contributed by atoms with E-state index in [0.717, 1.165) is 19.3 Å². The number of benzene rings is 1. The number of piperidine rings is 1. The molecule has 1 atom stereocenters. The SMILES string of the molecule is CCOC(=O)CCC(C(=O)C(=O)OCC)c1cccc(N2CCCCC2)c1[N+](=O)[O-]. The van der Waals surface area contributed by atoms with Gasteiger partial charge in [0.2, 0.25) is 5.78 Å². The van der Waals surface area contributed by atoms with Crippen molar-refractivity contribution in [2.24, 2.45) is 0 Å². The van der Waals surface area contributed by atoms with Crippen molar-refractivity contribution in [2.75, 3.05) is 31.2 Å². The van der Waals surface area contributed by atoms with Gasteiger partial charge in [-0.2, -0.15) is 0 Å². The van der Waals surface area contributed by atoms with Gasteiger partial charge >= 0.3 is 11.9 Å². The number of nitro benzene ring substituents is 1. The van der Waals surface area contributed by atoms with Crippen molar-refractivity contribution in [3.05, 3.63) is 33.9 Å². The lowest BCUT2D eigenvalue weighted by Crippen LogP contribution is -2.31. The molecule has 9 nitrogen and oxygen atoms in total. The summed E-state index contributed by atoms with van der Waals surface area (Å²) in [6.45, 7) is 4.78. The van der Waals surface area contributed by atoms with Crippen LogP contribution in [0.15, 0.2) is 18.2 Å². The molecule has 1 aromatic carbocycles. The number of carbonyl (C=O) groups excluding carboxylic acids is 3. The Balaban J connectivity index is 2.46. The molecule has 1 heterocycles. The minimum Gasteiger partial charge on any atom is -0.466 e. The highest BCUT2D eigenvalue weighted by atomic mass is 16.6. The van der Waals surface area contributed by atoms with Gasteiger partial charge in [-0.25, -0.2) is 4.79 Å². The Morgan fingerprint density at radius 1 is 1.10 bits per heavy atom. The lowest BCUT2D eigenvalue weighted by Gasteiger charge is -2.29. The number of nitro groups is 1. The molecule has 1 fully saturated rings. The fourth-order valence-electron chi connectivity index (χ4n) is 3.69. The average Bonchev–Trinajstić information content (AvgIpc) is 2.74.